The molecule has 2 aromatic heterocycles. The van der Waals surface area contributed by atoms with E-state index in [4.69, 9.17) is 11.6 Å². The lowest BCUT2D eigenvalue weighted by atomic mass is 10.1. The third-order valence-electron chi connectivity index (χ3n) is 4.79. The number of hydrogen-bond donors (Lipinski definition) is 1. The Kier molecular flexibility index (Phi) is 6.08. The summed E-state index contributed by atoms with van der Waals surface area (Å²) in [6, 6.07) is 13.1. The van der Waals surface area contributed by atoms with Crippen molar-refractivity contribution in [1.29, 1.82) is 0 Å². The number of nitrogens with zero attached hydrogens (tertiary/aromatic N) is 4. The maximum Gasteiger partial charge on any atom is 0.264 e. The molecule has 2 heterocycles. The van der Waals surface area contributed by atoms with E-state index < -0.39 is 0 Å². The number of benzene rings is 2. The zero-order chi connectivity index (χ0) is 21.8. The van der Waals surface area contributed by atoms with E-state index in [1.807, 2.05) is 12.1 Å². The molecule has 0 spiro atoms. The predicted octanol–water partition coefficient (Wildman–Crippen LogP) is 2.79. The summed E-state index contributed by atoms with van der Waals surface area (Å²) in [5, 5.41) is 8.04. The van der Waals surface area contributed by atoms with Crippen LogP contribution in [0.25, 0.3) is 11.0 Å². The third kappa shape index (κ3) is 4.97. The number of halogens is 2. The van der Waals surface area contributed by atoms with E-state index in [0.717, 1.165) is 11.1 Å². The maximum absolute atomic E-state index is 12.9. The summed E-state index contributed by atoms with van der Waals surface area (Å²) in [5.41, 5.74) is 1.88. The van der Waals surface area contributed by atoms with Crippen LogP contribution in [0.5, 0.6) is 0 Å². The Labute approximate surface area is 182 Å². The van der Waals surface area contributed by atoms with Crippen LogP contribution in [-0.4, -0.2) is 31.8 Å². The summed E-state index contributed by atoms with van der Waals surface area (Å²) in [6.45, 7) is 1.04. The number of hydrogen-bond acceptors (Lipinski definition) is 4. The minimum atomic E-state index is -0.339. The molecule has 0 saturated carbocycles. The number of nitrogens with one attached hydrogen (secondary N) is 1. The first-order valence-electron chi connectivity index (χ1n) is 9.66. The average molecular weight is 440 g/mol. The van der Waals surface area contributed by atoms with Gasteiger partial charge in [-0.1, -0.05) is 35.9 Å². The van der Waals surface area contributed by atoms with Gasteiger partial charge in [-0.2, -0.15) is 5.10 Å². The molecular weight excluding hydrogens is 421 g/mol. The van der Waals surface area contributed by atoms with Gasteiger partial charge in [-0.25, -0.2) is 14.1 Å². The van der Waals surface area contributed by atoms with E-state index in [1.165, 1.54) is 29.2 Å². The van der Waals surface area contributed by atoms with Crippen molar-refractivity contribution in [3.8, 4) is 0 Å². The van der Waals surface area contributed by atoms with Crippen LogP contribution in [-0.2, 0) is 24.3 Å². The van der Waals surface area contributed by atoms with Crippen LogP contribution >= 0.6 is 11.6 Å². The number of rotatable bonds is 7. The molecule has 0 unspecified atom stereocenters. The van der Waals surface area contributed by atoms with Crippen LogP contribution in [0.1, 0.15) is 11.1 Å². The topological polar surface area (TPSA) is 81.8 Å². The van der Waals surface area contributed by atoms with Gasteiger partial charge >= 0.3 is 0 Å². The molecule has 0 saturated heterocycles. The first kappa shape index (κ1) is 20.7. The summed E-state index contributed by atoms with van der Waals surface area (Å²) in [5.74, 6) is -0.520. The third-order valence-corrected chi connectivity index (χ3v) is 5.02. The van der Waals surface area contributed by atoms with E-state index >= 15 is 0 Å². The minimum Gasteiger partial charge on any atom is -0.354 e. The number of amides is 1. The van der Waals surface area contributed by atoms with Crippen LogP contribution in [0.15, 0.2) is 65.8 Å². The molecule has 0 fully saturated rings. The van der Waals surface area contributed by atoms with Crippen molar-refractivity contribution in [2.75, 3.05) is 6.54 Å². The highest BCUT2D eigenvalue weighted by molar-refractivity contribution is 6.30. The lowest BCUT2D eigenvalue weighted by molar-refractivity contribution is -0.120. The highest BCUT2D eigenvalue weighted by atomic mass is 35.5. The van der Waals surface area contributed by atoms with Gasteiger partial charge in [0.1, 0.15) is 17.5 Å². The second-order valence-corrected chi connectivity index (χ2v) is 7.50. The second kappa shape index (κ2) is 9.09. The fourth-order valence-electron chi connectivity index (χ4n) is 3.26. The van der Waals surface area contributed by atoms with Crippen molar-refractivity contribution in [3.63, 3.8) is 0 Å². The zero-order valence-corrected chi connectivity index (χ0v) is 17.2. The molecule has 31 heavy (non-hydrogen) atoms. The Morgan fingerprint density at radius 3 is 2.71 bits per heavy atom. The standard InChI is InChI=1S/C22H19ClFN5O2/c23-17-3-1-2-16(10-17)13-28-14-26-21-19(22(28)31)12-27-29(21)9-8-25-20(30)11-15-4-6-18(24)7-5-15/h1-7,10,12,14H,8-9,11,13H2,(H,25,30). The van der Waals surface area contributed by atoms with E-state index in [-0.39, 0.29) is 23.7 Å². The van der Waals surface area contributed by atoms with Gasteiger partial charge in [0.15, 0.2) is 5.65 Å². The van der Waals surface area contributed by atoms with Crippen LogP contribution in [0.4, 0.5) is 4.39 Å². The molecule has 9 heteroatoms. The van der Waals surface area contributed by atoms with Crippen molar-refractivity contribution < 1.29 is 9.18 Å². The van der Waals surface area contributed by atoms with Crippen molar-refractivity contribution in [2.45, 2.75) is 19.5 Å². The number of aromatic nitrogens is 4. The van der Waals surface area contributed by atoms with E-state index in [2.05, 4.69) is 15.4 Å². The number of carbonyl (C=O) groups excluding carboxylic acids is 1. The van der Waals surface area contributed by atoms with Gasteiger partial charge in [0, 0.05) is 11.6 Å². The fourth-order valence-corrected chi connectivity index (χ4v) is 3.47. The Hall–Kier alpha value is -3.52. The monoisotopic (exact) mass is 439 g/mol. The lowest BCUT2D eigenvalue weighted by Crippen LogP contribution is -2.29. The molecule has 1 amide bonds. The highest BCUT2D eigenvalue weighted by Gasteiger charge is 2.11. The van der Waals surface area contributed by atoms with Crippen LogP contribution in [0.2, 0.25) is 5.02 Å². The summed E-state index contributed by atoms with van der Waals surface area (Å²) in [7, 11) is 0. The Morgan fingerprint density at radius 2 is 1.94 bits per heavy atom. The Balaban J connectivity index is 1.40. The van der Waals surface area contributed by atoms with Gasteiger partial charge in [0.05, 0.1) is 25.7 Å². The molecule has 0 aliphatic heterocycles. The summed E-state index contributed by atoms with van der Waals surface area (Å²) >= 11 is 6.01. The van der Waals surface area contributed by atoms with Crippen LogP contribution in [0, 0.1) is 5.82 Å². The predicted molar refractivity (Wildman–Crippen MR) is 115 cm³/mol. The molecular formula is C22H19ClFN5O2. The molecule has 0 atom stereocenters. The van der Waals surface area contributed by atoms with Gasteiger partial charge in [-0.3, -0.25) is 14.2 Å². The molecule has 0 radical (unpaired) electrons. The highest BCUT2D eigenvalue weighted by Crippen LogP contribution is 2.12. The molecule has 4 rings (SSSR count). The largest absolute Gasteiger partial charge is 0.354 e. The Bertz CT molecular complexity index is 1280. The quantitative estimate of drug-likeness (QED) is 0.480. The number of fused-ring (bicyclic) bond motifs is 1. The average Bonchev–Trinajstić information content (AvgIpc) is 3.16. The fraction of sp³-hybridized carbons (Fsp3) is 0.182. The molecule has 0 bridgehead atoms. The second-order valence-electron chi connectivity index (χ2n) is 7.07. The van der Waals surface area contributed by atoms with Crippen molar-refractivity contribution in [1.82, 2.24) is 24.6 Å². The van der Waals surface area contributed by atoms with Crippen molar-refractivity contribution >= 4 is 28.5 Å². The summed E-state index contributed by atoms with van der Waals surface area (Å²) < 4.78 is 16.0. The van der Waals surface area contributed by atoms with Gasteiger partial charge < -0.3 is 5.32 Å². The van der Waals surface area contributed by atoms with Crippen molar-refractivity contribution in [2.24, 2.45) is 0 Å². The normalized spacial score (nSPS) is 11.0. The van der Waals surface area contributed by atoms with Gasteiger partial charge in [0.2, 0.25) is 5.91 Å². The number of carbonyl (C=O) groups is 1. The molecule has 1 N–H and O–H groups in total. The molecule has 0 aliphatic carbocycles. The minimum absolute atomic E-state index is 0.159. The van der Waals surface area contributed by atoms with Gasteiger partial charge in [0.25, 0.3) is 5.56 Å². The molecule has 158 valence electrons. The SMILES string of the molecule is O=C(Cc1ccc(F)cc1)NCCn1ncc2c(=O)n(Cc3cccc(Cl)c3)cnc21. The van der Waals surface area contributed by atoms with Crippen molar-refractivity contribution in [3.05, 3.63) is 93.4 Å². The van der Waals surface area contributed by atoms with Gasteiger partial charge in [-0.05, 0) is 35.4 Å². The smallest absolute Gasteiger partial charge is 0.264 e. The Morgan fingerprint density at radius 1 is 1.13 bits per heavy atom. The summed E-state index contributed by atoms with van der Waals surface area (Å²) in [4.78, 5) is 29.2. The summed E-state index contributed by atoms with van der Waals surface area (Å²) in [6.07, 6.45) is 3.13. The van der Waals surface area contributed by atoms with Crippen LogP contribution in [0.3, 0.4) is 0 Å². The maximum atomic E-state index is 12.9. The lowest BCUT2D eigenvalue weighted by Gasteiger charge is -2.08. The first-order valence-corrected chi connectivity index (χ1v) is 10.0. The molecule has 7 nitrogen and oxygen atoms in total. The zero-order valence-electron chi connectivity index (χ0n) is 16.5. The van der Waals surface area contributed by atoms with Crippen LogP contribution < -0.4 is 10.9 Å². The van der Waals surface area contributed by atoms with E-state index in [0.29, 0.717) is 35.7 Å². The van der Waals surface area contributed by atoms with E-state index in [9.17, 15) is 14.0 Å². The van der Waals surface area contributed by atoms with Gasteiger partial charge in [-0.15, -0.1) is 0 Å². The molecule has 2 aromatic carbocycles. The molecule has 0 aliphatic rings. The first-order chi connectivity index (χ1) is 15.0. The van der Waals surface area contributed by atoms with E-state index in [1.54, 1.807) is 28.9 Å². The molecule has 4 aromatic rings.